The minimum Gasteiger partial charge on any atom is -0.366 e. The molecule has 0 spiro atoms. The molecule has 6 nitrogen and oxygen atoms in total. The minimum absolute atomic E-state index is 0.120. The van der Waals surface area contributed by atoms with E-state index in [4.69, 9.17) is 0 Å². The Morgan fingerprint density at radius 2 is 1.67 bits per heavy atom. The standard InChI is InChI=1S/C23H21FN4O2/c1-26-20(14-16-21(26)15-6-2-4-8-18(15)25-22(16)29)23(30)28-12-10-27(11-13-28)19-9-5-3-7-17(19)24/h2-9,14H,10-13H2,1H3,(H,25,29). The van der Waals surface area contributed by atoms with Crippen LogP contribution in [0.4, 0.5) is 10.1 Å². The second-order valence-electron chi connectivity index (χ2n) is 7.58. The summed E-state index contributed by atoms with van der Waals surface area (Å²) in [6.45, 7) is 2.10. The highest BCUT2D eigenvalue weighted by Crippen LogP contribution is 2.25. The van der Waals surface area contributed by atoms with Crippen LogP contribution in [0.2, 0.25) is 0 Å². The summed E-state index contributed by atoms with van der Waals surface area (Å²) in [6.07, 6.45) is 0. The topological polar surface area (TPSA) is 61.3 Å². The number of carbonyl (C=O) groups is 1. The number of para-hydroxylation sites is 2. The average molecular weight is 404 g/mol. The second-order valence-corrected chi connectivity index (χ2v) is 7.58. The van der Waals surface area contributed by atoms with Crippen molar-refractivity contribution >= 4 is 33.4 Å². The van der Waals surface area contributed by atoms with E-state index in [1.54, 1.807) is 27.7 Å². The maximum atomic E-state index is 14.1. The van der Waals surface area contributed by atoms with E-state index < -0.39 is 0 Å². The molecule has 1 saturated heterocycles. The number of nitrogens with one attached hydrogen (secondary N) is 1. The molecule has 0 saturated carbocycles. The van der Waals surface area contributed by atoms with E-state index in [0.29, 0.717) is 42.9 Å². The second kappa shape index (κ2) is 7.02. The third kappa shape index (κ3) is 2.85. The summed E-state index contributed by atoms with van der Waals surface area (Å²) in [7, 11) is 1.82. The van der Waals surface area contributed by atoms with Gasteiger partial charge in [-0.25, -0.2) is 4.39 Å². The number of H-pyrrole nitrogens is 1. The van der Waals surface area contributed by atoms with Gasteiger partial charge in [-0.15, -0.1) is 0 Å². The number of halogens is 1. The average Bonchev–Trinajstić information content (AvgIpc) is 3.12. The predicted molar refractivity (Wildman–Crippen MR) is 116 cm³/mol. The van der Waals surface area contributed by atoms with Gasteiger partial charge >= 0.3 is 0 Å². The van der Waals surface area contributed by atoms with Crippen molar-refractivity contribution in [2.24, 2.45) is 7.05 Å². The van der Waals surface area contributed by atoms with Crippen LogP contribution in [-0.2, 0) is 7.05 Å². The van der Waals surface area contributed by atoms with Gasteiger partial charge in [0.15, 0.2) is 0 Å². The van der Waals surface area contributed by atoms with Gasteiger partial charge in [-0.3, -0.25) is 9.59 Å². The zero-order valence-electron chi connectivity index (χ0n) is 16.6. The maximum Gasteiger partial charge on any atom is 0.270 e. The number of anilines is 1. The number of carbonyl (C=O) groups excluding carboxylic acids is 1. The molecule has 3 heterocycles. The summed E-state index contributed by atoms with van der Waals surface area (Å²) < 4.78 is 15.9. The number of nitrogens with zero attached hydrogens (tertiary/aromatic N) is 3. The van der Waals surface area contributed by atoms with Crippen LogP contribution in [0, 0.1) is 5.82 Å². The van der Waals surface area contributed by atoms with Crippen LogP contribution in [0.5, 0.6) is 0 Å². The van der Waals surface area contributed by atoms with Crippen LogP contribution in [0.3, 0.4) is 0 Å². The van der Waals surface area contributed by atoms with Gasteiger partial charge in [0.1, 0.15) is 11.5 Å². The lowest BCUT2D eigenvalue weighted by atomic mass is 10.1. The molecule has 1 aliphatic heterocycles. The first kappa shape index (κ1) is 18.4. The fourth-order valence-electron chi connectivity index (χ4n) is 4.32. The normalized spacial score (nSPS) is 14.6. The molecule has 0 aliphatic carbocycles. The summed E-state index contributed by atoms with van der Waals surface area (Å²) in [5.74, 6) is -0.373. The Morgan fingerprint density at radius 3 is 2.43 bits per heavy atom. The summed E-state index contributed by atoms with van der Waals surface area (Å²) >= 11 is 0. The van der Waals surface area contributed by atoms with E-state index in [1.165, 1.54) is 6.07 Å². The van der Waals surface area contributed by atoms with Crippen LogP contribution in [0.1, 0.15) is 10.5 Å². The molecule has 0 bridgehead atoms. The molecule has 2 aromatic carbocycles. The number of hydrogen-bond donors (Lipinski definition) is 1. The molecule has 1 fully saturated rings. The molecule has 0 atom stereocenters. The zero-order valence-corrected chi connectivity index (χ0v) is 16.6. The number of aromatic amines is 1. The Labute approximate surface area is 172 Å². The van der Waals surface area contributed by atoms with Gasteiger partial charge in [0.05, 0.1) is 22.1 Å². The van der Waals surface area contributed by atoms with Gasteiger partial charge in [0, 0.05) is 38.6 Å². The number of amides is 1. The fourth-order valence-corrected chi connectivity index (χ4v) is 4.32. The van der Waals surface area contributed by atoms with Crippen LogP contribution >= 0.6 is 0 Å². The lowest BCUT2D eigenvalue weighted by molar-refractivity contribution is 0.0737. The highest BCUT2D eigenvalue weighted by atomic mass is 19.1. The molecule has 2 aromatic heterocycles. The SMILES string of the molecule is Cn1c(C(=O)N2CCN(c3ccccc3F)CC2)cc2c(=O)[nH]c3ccccc3c21. The molecule has 0 unspecified atom stereocenters. The van der Waals surface area contributed by atoms with E-state index in [1.807, 2.05) is 42.3 Å². The molecule has 0 radical (unpaired) electrons. The Bertz CT molecular complexity index is 1330. The van der Waals surface area contributed by atoms with Crippen LogP contribution in [-0.4, -0.2) is 46.5 Å². The van der Waals surface area contributed by atoms with Crippen molar-refractivity contribution in [3.63, 3.8) is 0 Å². The van der Waals surface area contributed by atoms with Crippen molar-refractivity contribution in [2.45, 2.75) is 0 Å². The largest absolute Gasteiger partial charge is 0.366 e. The highest BCUT2D eigenvalue weighted by Gasteiger charge is 2.26. The summed E-state index contributed by atoms with van der Waals surface area (Å²) in [5.41, 5.74) is 2.33. The van der Waals surface area contributed by atoms with E-state index >= 15 is 0 Å². The molecule has 1 amide bonds. The maximum absolute atomic E-state index is 14.1. The van der Waals surface area contributed by atoms with Gasteiger partial charge in [0.2, 0.25) is 0 Å². The van der Waals surface area contributed by atoms with Gasteiger partial charge in [-0.1, -0.05) is 30.3 Å². The van der Waals surface area contributed by atoms with E-state index in [-0.39, 0.29) is 17.3 Å². The zero-order chi connectivity index (χ0) is 20.8. The van der Waals surface area contributed by atoms with E-state index in [9.17, 15) is 14.0 Å². The number of aromatic nitrogens is 2. The molecule has 30 heavy (non-hydrogen) atoms. The smallest absolute Gasteiger partial charge is 0.270 e. The van der Waals surface area contributed by atoms with Gasteiger partial charge < -0.3 is 19.4 Å². The first-order valence-corrected chi connectivity index (χ1v) is 9.94. The fraction of sp³-hybridized carbons (Fsp3) is 0.217. The summed E-state index contributed by atoms with van der Waals surface area (Å²) in [5, 5.41) is 1.41. The minimum atomic E-state index is -0.253. The molecule has 4 aromatic rings. The Kier molecular flexibility index (Phi) is 4.31. The summed E-state index contributed by atoms with van der Waals surface area (Å²) in [6, 6.07) is 15.9. The quantitative estimate of drug-likeness (QED) is 0.558. The number of pyridine rings is 1. The first-order valence-electron chi connectivity index (χ1n) is 9.94. The highest BCUT2D eigenvalue weighted by molar-refractivity contribution is 6.07. The molecule has 152 valence electrons. The number of aryl methyl sites for hydroxylation is 1. The lowest BCUT2D eigenvalue weighted by Crippen LogP contribution is -2.49. The Balaban J connectivity index is 1.45. The molecule has 1 N–H and O–H groups in total. The molecule has 1 aliphatic rings. The van der Waals surface area contributed by atoms with Crippen LogP contribution in [0.15, 0.2) is 59.4 Å². The third-order valence-electron chi connectivity index (χ3n) is 5.89. The number of fused-ring (bicyclic) bond motifs is 3. The van der Waals surface area contributed by atoms with Crippen molar-refractivity contribution in [3.05, 3.63) is 76.5 Å². The molecule has 5 rings (SSSR count). The van der Waals surface area contributed by atoms with Crippen molar-refractivity contribution in [1.29, 1.82) is 0 Å². The molecular weight excluding hydrogens is 383 g/mol. The van der Waals surface area contributed by atoms with Crippen molar-refractivity contribution in [3.8, 4) is 0 Å². The van der Waals surface area contributed by atoms with Crippen LogP contribution < -0.4 is 10.5 Å². The number of hydrogen-bond acceptors (Lipinski definition) is 3. The van der Waals surface area contributed by atoms with Gasteiger partial charge in [-0.05, 0) is 24.3 Å². The molecular formula is C23H21FN4O2. The lowest BCUT2D eigenvalue weighted by Gasteiger charge is -2.36. The van der Waals surface area contributed by atoms with Crippen molar-refractivity contribution in [1.82, 2.24) is 14.5 Å². The monoisotopic (exact) mass is 404 g/mol. The van der Waals surface area contributed by atoms with E-state index in [0.717, 1.165) is 16.4 Å². The van der Waals surface area contributed by atoms with E-state index in [2.05, 4.69) is 4.98 Å². The van der Waals surface area contributed by atoms with Crippen molar-refractivity contribution < 1.29 is 9.18 Å². The Hall–Kier alpha value is -3.61. The molecule has 7 heteroatoms. The number of benzene rings is 2. The number of piperazine rings is 1. The van der Waals surface area contributed by atoms with Gasteiger partial charge in [0.25, 0.3) is 11.5 Å². The predicted octanol–water partition coefficient (Wildman–Crippen LogP) is 3.12. The van der Waals surface area contributed by atoms with Crippen LogP contribution in [0.25, 0.3) is 21.8 Å². The van der Waals surface area contributed by atoms with Crippen molar-refractivity contribution in [2.75, 3.05) is 31.1 Å². The Morgan fingerprint density at radius 1 is 0.967 bits per heavy atom. The first-order chi connectivity index (χ1) is 14.5. The third-order valence-corrected chi connectivity index (χ3v) is 5.89. The number of rotatable bonds is 2. The van der Waals surface area contributed by atoms with Gasteiger partial charge in [-0.2, -0.15) is 0 Å². The summed E-state index contributed by atoms with van der Waals surface area (Å²) in [4.78, 5) is 32.4.